The predicted octanol–water partition coefficient (Wildman–Crippen LogP) is 6.54. The highest BCUT2D eigenvalue weighted by Gasteiger charge is 2.34. The zero-order chi connectivity index (χ0) is 23.8. The molecule has 0 unspecified atom stereocenters. The highest BCUT2D eigenvalue weighted by molar-refractivity contribution is 5.85. The molecule has 1 aromatic carbocycles. The Hall–Kier alpha value is -2.29. The lowest BCUT2D eigenvalue weighted by molar-refractivity contribution is -0.138. The van der Waals surface area contributed by atoms with E-state index < -0.39 is 11.7 Å². The summed E-state index contributed by atoms with van der Waals surface area (Å²) in [4.78, 5) is 6.11. The molecule has 2 aromatic rings. The lowest BCUT2D eigenvalue weighted by Gasteiger charge is -2.30. The van der Waals surface area contributed by atoms with Crippen LogP contribution in [0.5, 0.6) is 0 Å². The molecule has 1 fully saturated rings. The van der Waals surface area contributed by atoms with Gasteiger partial charge in [0.15, 0.2) is 5.96 Å². The number of benzene rings is 1. The van der Waals surface area contributed by atoms with Gasteiger partial charge in [0.1, 0.15) is 0 Å². The first-order valence-electron chi connectivity index (χ1n) is 11.9. The van der Waals surface area contributed by atoms with Crippen LogP contribution in [-0.2, 0) is 12.6 Å². The highest BCUT2D eigenvalue weighted by atomic mass is 35.5. The minimum Gasteiger partial charge on any atom is -0.370 e. The number of unbranched alkanes of at least 4 members (excludes halogenated alkanes) is 6. The van der Waals surface area contributed by atoms with Gasteiger partial charge in [-0.25, -0.2) is 0 Å². The SMILES string of the molecule is CCCCCCCCCc1ccc(-c2noc([C@@H]3CCCN(C(=N)N)C3)n2)cc1C(F)(F)F.Cl. The lowest BCUT2D eigenvalue weighted by Crippen LogP contribution is -2.42. The Bertz CT molecular complexity index is 918. The van der Waals surface area contributed by atoms with Crippen LogP contribution < -0.4 is 5.73 Å². The molecule has 0 bridgehead atoms. The molecule has 3 N–H and O–H groups in total. The van der Waals surface area contributed by atoms with Gasteiger partial charge in [-0.15, -0.1) is 12.4 Å². The van der Waals surface area contributed by atoms with Crippen LogP contribution in [0.2, 0.25) is 0 Å². The van der Waals surface area contributed by atoms with Gasteiger partial charge in [0.2, 0.25) is 11.7 Å². The van der Waals surface area contributed by atoms with Crippen molar-refractivity contribution in [1.82, 2.24) is 15.0 Å². The second-order valence-corrected chi connectivity index (χ2v) is 8.87. The number of hydrogen-bond donors (Lipinski definition) is 2. The van der Waals surface area contributed by atoms with Crippen molar-refractivity contribution < 1.29 is 17.7 Å². The van der Waals surface area contributed by atoms with Gasteiger partial charge in [0.25, 0.3) is 0 Å². The van der Waals surface area contributed by atoms with E-state index in [0.717, 1.165) is 44.6 Å². The van der Waals surface area contributed by atoms with Crippen LogP contribution in [0, 0.1) is 5.41 Å². The number of likely N-dealkylation sites (tertiary alicyclic amines) is 1. The van der Waals surface area contributed by atoms with Crippen LogP contribution in [0.3, 0.4) is 0 Å². The number of piperidine rings is 1. The molecule has 1 aliphatic rings. The first kappa shape index (κ1) is 28.0. The van der Waals surface area contributed by atoms with Crippen LogP contribution >= 0.6 is 12.4 Å². The highest BCUT2D eigenvalue weighted by Crippen LogP contribution is 2.36. The Morgan fingerprint density at radius 2 is 1.88 bits per heavy atom. The minimum atomic E-state index is -4.44. The van der Waals surface area contributed by atoms with Gasteiger partial charge in [-0.1, -0.05) is 62.7 Å². The number of guanidine groups is 1. The van der Waals surface area contributed by atoms with Gasteiger partial charge in [-0.05, 0) is 37.3 Å². The van der Waals surface area contributed by atoms with E-state index in [4.69, 9.17) is 15.7 Å². The molecule has 10 heteroatoms. The minimum absolute atomic E-state index is 0. The van der Waals surface area contributed by atoms with E-state index in [0.29, 0.717) is 36.5 Å². The third kappa shape index (κ3) is 7.61. The zero-order valence-electron chi connectivity index (χ0n) is 19.7. The van der Waals surface area contributed by atoms with Gasteiger partial charge in [0, 0.05) is 18.7 Å². The van der Waals surface area contributed by atoms with Crippen LogP contribution in [0.1, 0.15) is 87.6 Å². The van der Waals surface area contributed by atoms with Crippen LogP contribution in [-0.4, -0.2) is 34.1 Å². The summed E-state index contributed by atoms with van der Waals surface area (Å²) < 4.78 is 46.7. The van der Waals surface area contributed by atoms with Gasteiger partial charge in [-0.3, -0.25) is 5.41 Å². The van der Waals surface area contributed by atoms with Crippen molar-refractivity contribution in [2.45, 2.75) is 83.2 Å². The summed E-state index contributed by atoms with van der Waals surface area (Å²) in [7, 11) is 0. The van der Waals surface area contributed by atoms with E-state index in [-0.39, 0.29) is 30.1 Å². The van der Waals surface area contributed by atoms with E-state index in [2.05, 4.69) is 17.1 Å². The van der Waals surface area contributed by atoms with Gasteiger partial charge < -0.3 is 15.2 Å². The molecule has 3 rings (SSSR count). The predicted molar refractivity (Wildman–Crippen MR) is 129 cm³/mol. The Kier molecular flexibility index (Phi) is 10.7. The summed E-state index contributed by atoms with van der Waals surface area (Å²) in [6, 6.07) is 4.32. The monoisotopic (exact) mass is 501 g/mol. The van der Waals surface area contributed by atoms with Crippen molar-refractivity contribution in [3.8, 4) is 11.4 Å². The molecular weight excluding hydrogens is 467 g/mol. The number of rotatable bonds is 10. The second-order valence-electron chi connectivity index (χ2n) is 8.87. The van der Waals surface area contributed by atoms with Crippen molar-refractivity contribution in [3.63, 3.8) is 0 Å². The fraction of sp³-hybridized carbons (Fsp3) is 0.625. The molecule has 1 aliphatic heterocycles. The van der Waals surface area contributed by atoms with E-state index >= 15 is 0 Å². The number of alkyl halides is 3. The lowest BCUT2D eigenvalue weighted by atomic mass is 9.97. The Morgan fingerprint density at radius 1 is 1.18 bits per heavy atom. The standard InChI is InChI=1S/C24H34F3N5O.ClH/c1-2-3-4-5-6-7-8-10-17-12-13-18(15-20(17)24(25,26)27)21-30-22(33-31-21)19-11-9-14-32(16-19)23(28)29;/h12-13,15,19H,2-11,14,16H2,1H3,(H3,28,29);1H/t19-;/m1./s1. The number of halogens is 4. The van der Waals surface area contributed by atoms with Gasteiger partial charge >= 0.3 is 6.18 Å². The summed E-state index contributed by atoms with van der Waals surface area (Å²) in [6.07, 6.45) is 5.08. The number of aromatic nitrogens is 2. The van der Waals surface area contributed by atoms with Crippen LogP contribution in [0.4, 0.5) is 13.2 Å². The number of nitrogens with zero attached hydrogens (tertiary/aromatic N) is 3. The maximum Gasteiger partial charge on any atom is 0.416 e. The quantitative estimate of drug-likeness (QED) is 0.219. The van der Waals surface area contributed by atoms with Crippen LogP contribution in [0.25, 0.3) is 11.4 Å². The molecule has 0 amide bonds. The molecule has 1 atom stereocenters. The Morgan fingerprint density at radius 3 is 2.56 bits per heavy atom. The number of hydrogen-bond acceptors (Lipinski definition) is 4. The Labute approximate surface area is 205 Å². The largest absolute Gasteiger partial charge is 0.416 e. The molecule has 0 spiro atoms. The van der Waals surface area contributed by atoms with Crippen molar-refractivity contribution in [3.05, 3.63) is 35.2 Å². The summed E-state index contributed by atoms with van der Waals surface area (Å²) in [5, 5.41) is 11.6. The molecule has 0 radical (unpaired) electrons. The average Bonchev–Trinajstić information content (AvgIpc) is 3.28. The van der Waals surface area contributed by atoms with E-state index in [1.807, 2.05) is 0 Å². The third-order valence-corrected chi connectivity index (χ3v) is 6.28. The number of nitrogens with one attached hydrogen (secondary N) is 1. The normalized spacial score (nSPS) is 16.4. The molecule has 0 saturated carbocycles. The molecule has 6 nitrogen and oxygen atoms in total. The number of nitrogens with two attached hydrogens (primary N) is 1. The second kappa shape index (κ2) is 13.0. The maximum absolute atomic E-state index is 13.8. The van der Waals surface area contributed by atoms with Crippen molar-refractivity contribution in [2.75, 3.05) is 13.1 Å². The van der Waals surface area contributed by atoms with Gasteiger partial charge in [-0.2, -0.15) is 18.2 Å². The first-order chi connectivity index (χ1) is 15.8. The Balaban J connectivity index is 0.00000408. The third-order valence-electron chi connectivity index (χ3n) is 6.28. The number of aryl methyl sites for hydroxylation is 1. The molecule has 1 saturated heterocycles. The fourth-order valence-corrected chi connectivity index (χ4v) is 4.39. The van der Waals surface area contributed by atoms with E-state index in [1.165, 1.54) is 19.3 Å². The zero-order valence-corrected chi connectivity index (χ0v) is 20.5. The smallest absolute Gasteiger partial charge is 0.370 e. The molecule has 2 heterocycles. The van der Waals surface area contributed by atoms with Crippen molar-refractivity contribution in [1.29, 1.82) is 5.41 Å². The van der Waals surface area contributed by atoms with Crippen LogP contribution in [0.15, 0.2) is 22.7 Å². The average molecular weight is 502 g/mol. The topological polar surface area (TPSA) is 92.0 Å². The first-order valence-corrected chi connectivity index (χ1v) is 11.9. The van der Waals surface area contributed by atoms with Crippen molar-refractivity contribution >= 4 is 18.4 Å². The molecule has 0 aliphatic carbocycles. The molecular formula is C24H35ClF3N5O. The maximum atomic E-state index is 13.8. The molecule has 1 aromatic heterocycles. The summed E-state index contributed by atoms with van der Waals surface area (Å²) in [6.45, 7) is 3.35. The van der Waals surface area contributed by atoms with Gasteiger partial charge in [0.05, 0.1) is 11.5 Å². The van der Waals surface area contributed by atoms with E-state index in [1.54, 1.807) is 17.0 Å². The fourth-order valence-electron chi connectivity index (χ4n) is 4.39. The molecule has 190 valence electrons. The van der Waals surface area contributed by atoms with E-state index in [9.17, 15) is 13.2 Å². The molecule has 34 heavy (non-hydrogen) atoms. The summed E-state index contributed by atoms with van der Waals surface area (Å²) in [5.41, 5.74) is 5.56. The summed E-state index contributed by atoms with van der Waals surface area (Å²) >= 11 is 0. The van der Waals surface area contributed by atoms with Crippen molar-refractivity contribution in [2.24, 2.45) is 5.73 Å². The summed E-state index contributed by atoms with van der Waals surface area (Å²) in [5.74, 6) is 0.419.